The second-order valence-corrected chi connectivity index (χ2v) is 8.35. The Morgan fingerprint density at radius 2 is 1.61 bits per heavy atom. The molecule has 9 nitrogen and oxygen atoms in total. The van der Waals surface area contributed by atoms with E-state index in [1.807, 2.05) is 12.1 Å². The number of likely N-dealkylation sites (tertiary alicyclic amines) is 1. The van der Waals surface area contributed by atoms with Crippen molar-refractivity contribution in [2.45, 2.75) is 25.6 Å². The van der Waals surface area contributed by atoms with E-state index in [2.05, 4.69) is 32.3 Å². The summed E-state index contributed by atoms with van der Waals surface area (Å²) >= 11 is 0. The van der Waals surface area contributed by atoms with Crippen molar-refractivity contribution in [1.82, 2.24) is 24.8 Å². The van der Waals surface area contributed by atoms with E-state index in [0.29, 0.717) is 17.2 Å². The molecule has 0 bridgehead atoms. The van der Waals surface area contributed by atoms with Crippen LogP contribution in [0.1, 0.15) is 18.4 Å². The number of carbonyl (C=O) groups is 1. The van der Waals surface area contributed by atoms with E-state index in [1.54, 1.807) is 0 Å². The Bertz CT molecular complexity index is 1440. The molecule has 13 heteroatoms. The minimum absolute atomic E-state index is 0.201. The number of carboxylic acid groups (broad SMARTS) is 1. The van der Waals surface area contributed by atoms with Crippen LogP contribution in [0.4, 0.5) is 17.6 Å². The molecule has 1 aliphatic heterocycles. The molecule has 0 aliphatic carbocycles. The molecule has 4 aromatic rings. The van der Waals surface area contributed by atoms with E-state index in [1.165, 1.54) is 59.5 Å². The summed E-state index contributed by atoms with van der Waals surface area (Å²) in [7, 11) is 0. The first-order valence-corrected chi connectivity index (χ1v) is 11.4. The number of nitrogens with zero attached hydrogens (tertiary/aromatic N) is 5. The zero-order valence-electron chi connectivity index (χ0n) is 19.7. The molecule has 3 heterocycles. The molecular weight excluding hydrogens is 510 g/mol. The first kappa shape index (κ1) is 26.7. The minimum atomic E-state index is -5.08. The molecule has 0 unspecified atom stereocenters. The summed E-state index contributed by atoms with van der Waals surface area (Å²) in [5, 5.41) is 15.5. The molecule has 1 fully saturated rings. The highest BCUT2D eigenvalue weighted by molar-refractivity contribution is 5.73. The van der Waals surface area contributed by atoms with Gasteiger partial charge < -0.3 is 9.63 Å². The molecule has 2 aromatic heterocycles. The standard InChI is InChI=1S/C23H20FN5O2.C2HF3O2/c24-18-7-9-19(10-8-18)29-21(30)12-11-20(26-29)23-25-22(27-31-23)17-5-3-16(4-6-17)15-28-13-1-2-14-28;3-2(4,5)1(6)7/h3-12H,1-2,13-15H2;(H,6,7). The average molecular weight is 531 g/mol. The highest BCUT2D eigenvalue weighted by Crippen LogP contribution is 2.22. The number of alkyl halides is 3. The lowest BCUT2D eigenvalue weighted by Crippen LogP contribution is -2.21. The van der Waals surface area contributed by atoms with E-state index in [4.69, 9.17) is 14.4 Å². The number of hydrogen-bond acceptors (Lipinski definition) is 7. The molecule has 5 rings (SSSR count). The van der Waals surface area contributed by atoms with Crippen molar-refractivity contribution in [2.75, 3.05) is 13.1 Å². The molecule has 0 atom stereocenters. The predicted octanol–water partition coefficient (Wildman–Crippen LogP) is 4.32. The zero-order chi connectivity index (χ0) is 27.3. The highest BCUT2D eigenvalue weighted by atomic mass is 19.4. The van der Waals surface area contributed by atoms with Crippen molar-refractivity contribution >= 4 is 5.97 Å². The fourth-order valence-corrected chi connectivity index (χ4v) is 3.70. The van der Waals surface area contributed by atoms with Gasteiger partial charge in [-0.25, -0.2) is 9.18 Å². The van der Waals surface area contributed by atoms with Crippen molar-refractivity contribution in [2.24, 2.45) is 0 Å². The molecule has 0 spiro atoms. The molecule has 0 amide bonds. The maximum atomic E-state index is 13.2. The van der Waals surface area contributed by atoms with Crippen LogP contribution < -0.4 is 5.56 Å². The van der Waals surface area contributed by atoms with Crippen molar-refractivity contribution < 1.29 is 32.0 Å². The summed E-state index contributed by atoms with van der Waals surface area (Å²) in [6.45, 7) is 3.26. The van der Waals surface area contributed by atoms with Crippen LogP contribution in [-0.4, -0.2) is 55.2 Å². The Morgan fingerprint density at radius 3 is 2.21 bits per heavy atom. The topological polar surface area (TPSA) is 114 Å². The lowest BCUT2D eigenvalue weighted by Gasteiger charge is -2.14. The SMILES string of the molecule is O=C(O)C(F)(F)F.O=c1ccc(-c2nc(-c3ccc(CN4CCCC4)cc3)no2)nn1-c1ccc(F)cc1. The van der Waals surface area contributed by atoms with Gasteiger partial charge in [-0.05, 0) is 61.8 Å². The number of benzene rings is 2. The number of carboxylic acids is 1. The van der Waals surface area contributed by atoms with Gasteiger partial charge in [0.25, 0.3) is 11.4 Å². The minimum Gasteiger partial charge on any atom is -0.475 e. The molecule has 2 aromatic carbocycles. The maximum absolute atomic E-state index is 13.2. The van der Waals surface area contributed by atoms with Crippen LogP contribution in [-0.2, 0) is 11.3 Å². The average Bonchev–Trinajstić information content (AvgIpc) is 3.58. The highest BCUT2D eigenvalue weighted by Gasteiger charge is 2.38. The van der Waals surface area contributed by atoms with Gasteiger partial charge in [0, 0.05) is 18.2 Å². The van der Waals surface area contributed by atoms with E-state index >= 15 is 0 Å². The van der Waals surface area contributed by atoms with Gasteiger partial charge in [-0.15, -0.1) is 0 Å². The lowest BCUT2D eigenvalue weighted by atomic mass is 10.1. The fourth-order valence-electron chi connectivity index (χ4n) is 3.70. The number of halogens is 4. The van der Waals surface area contributed by atoms with Gasteiger partial charge in [-0.3, -0.25) is 9.69 Å². The monoisotopic (exact) mass is 531 g/mol. The Labute approximate surface area is 212 Å². The zero-order valence-corrected chi connectivity index (χ0v) is 19.7. The van der Waals surface area contributed by atoms with Crippen LogP contribution >= 0.6 is 0 Å². The van der Waals surface area contributed by atoms with E-state index in [9.17, 15) is 22.4 Å². The molecule has 0 saturated carbocycles. The Hall–Kier alpha value is -4.39. The molecule has 198 valence electrons. The Morgan fingerprint density at radius 1 is 0.974 bits per heavy atom. The van der Waals surface area contributed by atoms with E-state index in [0.717, 1.165) is 25.2 Å². The third kappa shape index (κ3) is 6.68. The summed E-state index contributed by atoms with van der Waals surface area (Å²) in [6.07, 6.45) is -2.54. The molecule has 1 saturated heterocycles. The fraction of sp³-hybridized carbons (Fsp3) is 0.240. The van der Waals surface area contributed by atoms with Crippen LogP contribution in [0, 0.1) is 5.82 Å². The molecule has 1 aliphatic rings. The third-order valence-electron chi connectivity index (χ3n) is 5.58. The van der Waals surface area contributed by atoms with Gasteiger partial charge in [0.2, 0.25) is 5.82 Å². The second-order valence-electron chi connectivity index (χ2n) is 8.35. The molecule has 38 heavy (non-hydrogen) atoms. The molecule has 1 N–H and O–H groups in total. The van der Waals surface area contributed by atoms with E-state index in [-0.39, 0.29) is 17.3 Å². The van der Waals surface area contributed by atoms with Gasteiger partial charge in [0.05, 0.1) is 5.69 Å². The third-order valence-corrected chi connectivity index (χ3v) is 5.58. The van der Waals surface area contributed by atoms with Crippen molar-refractivity contribution in [3.63, 3.8) is 0 Å². The van der Waals surface area contributed by atoms with Crippen LogP contribution in [0.5, 0.6) is 0 Å². The lowest BCUT2D eigenvalue weighted by molar-refractivity contribution is -0.192. The second kappa shape index (κ2) is 11.3. The molecular formula is C25H21F4N5O4. The maximum Gasteiger partial charge on any atom is 0.490 e. The molecule has 0 radical (unpaired) electrons. The van der Waals surface area contributed by atoms with E-state index < -0.39 is 12.1 Å². The normalized spacial score (nSPS) is 13.7. The summed E-state index contributed by atoms with van der Waals surface area (Å²) in [6, 6.07) is 16.5. The van der Waals surface area contributed by atoms with Gasteiger partial charge in [0.15, 0.2) is 0 Å². The Balaban J connectivity index is 0.000000426. The summed E-state index contributed by atoms with van der Waals surface area (Å²) in [5.74, 6) is -2.50. The largest absolute Gasteiger partial charge is 0.490 e. The van der Waals surface area contributed by atoms with Crippen molar-refractivity contribution in [3.8, 4) is 28.7 Å². The van der Waals surface area contributed by atoms with Gasteiger partial charge in [-0.1, -0.05) is 29.4 Å². The summed E-state index contributed by atoms with van der Waals surface area (Å²) in [4.78, 5) is 28.0. The number of hydrogen-bond donors (Lipinski definition) is 1. The van der Waals surface area contributed by atoms with Crippen LogP contribution in [0.2, 0.25) is 0 Å². The smallest absolute Gasteiger partial charge is 0.475 e. The number of rotatable bonds is 5. The first-order chi connectivity index (χ1) is 18.1. The van der Waals surface area contributed by atoms with Crippen LogP contribution in [0.3, 0.4) is 0 Å². The van der Waals surface area contributed by atoms with Crippen molar-refractivity contribution in [3.05, 3.63) is 82.4 Å². The summed E-state index contributed by atoms with van der Waals surface area (Å²) in [5.41, 5.74) is 2.55. The quantitative estimate of drug-likeness (QED) is 0.379. The Kier molecular flexibility index (Phi) is 7.96. The number of aliphatic carboxylic acids is 1. The van der Waals surface area contributed by atoms with Gasteiger partial charge >= 0.3 is 12.1 Å². The number of aromatic nitrogens is 4. The summed E-state index contributed by atoms with van der Waals surface area (Å²) < 4.78 is 51.5. The van der Waals surface area contributed by atoms with Crippen LogP contribution in [0.15, 0.2) is 70.0 Å². The van der Waals surface area contributed by atoms with Crippen LogP contribution in [0.25, 0.3) is 28.7 Å². The van der Waals surface area contributed by atoms with Gasteiger partial charge in [0.1, 0.15) is 11.5 Å². The van der Waals surface area contributed by atoms with Gasteiger partial charge in [-0.2, -0.15) is 27.9 Å². The first-order valence-electron chi connectivity index (χ1n) is 11.4. The predicted molar refractivity (Wildman–Crippen MR) is 127 cm³/mol. The van der Waals surface area contributed by atoms with Crippen molar-refractivity contribution in [1.29, 1.82) is 0 Å².